The fourth-order valence-corrected chi connectivity index (χ4v) is 2.78. The van der Waals surface area contributed by atoms with Crippen LogP contribution in [0.15, 0.2) is 0 Å². The van der Waals surface area contributed by atoms with Crippen LogP contribution in [-0.4, -0.2) is 0 Å². The topological polar surface area (TPSA) is 0 Å². The van der Waals surface area contributed by atoms with Crippen LogP contribution in [-0.2, 0) is 0 Å². The summed E-state index contributed by atoms with van der Waals surface area (Å²) in [4.78, 5) is 0. The molecule has 0 spiro atoms. The minimum absolute atomic E-state index is 1.03. The van der Waals surface area contributed by atoms with Crippen molar-refractivity contribution in [1.29, 1.82) is 0 Å². The van der Waals surface area contributed by atoms with Gasteiger partial charge in [-0.05, 0) is 19.3 Å². The van der Waals surface area contributed by atoms with Crippen molar-refractivity contribution in [3.05, 3.63) is 0 Å². The van der Waals surface area contributed by atoms with Gasteiger partial charge in [0.05, 0.1) is 0 Å². The van der Waals surface area contributed by atoms with E-state index in [1.165, 1.54) is 83.5 Å². The summed E-state index contributed by atoms with van der Waals surface area (Å²) in [6, 6.07) is 0. The molecule has 0 rings (SSSR count). The molecule has 24 heavy (non-hydrogen) atoms. The first-order chi connectivity index (χ1) is 11.9. The fourth-order valence-electron chi connectivity index (χ4n) is 2.78. The van der Waals surface area contributed by atoms with Gasteiger partial charge in [0.25, 0.3) is 0 Å². The smallest absolute Gasteiger partial charge is 0.00977 e. The Morgan fingerprint density at radius 1 is 0.333 bits per heavy atom. The lowest BCUT2D eigenvalue weighted by Crippen LogP contribution is -1.79. The second-order valence-corrected chi connectivity index (χ2v) is 6.95. The van der Waals surface area contributed by atoms with Crippen LogP contribution >= 0.6 is 0 Å². The van der Waals surface area contributed by atoms with E-state index in [0.29, 0.717) is 0 Å². The van der Waals surface area contributed by atoms with Crippen molar-refractivity contribution < 1.29 is 0 Å². The van der Waals surface area contributed by atoms with E-state index in [-0.39, 0.29) is 0 Å². The SMILES string of the molecule is CCCCCCCCC#CCCCC#CCCCCCCCCC. The molecule has 0 N–H and O–H groups in total. The summed E-state index contributed by atoms with van der Waals surface area (Å²) in [5.74, 6) is 13.3. The van der Waals surface area contributed by atoms with Crippen molar-refractivity contribution in [2.75, 3.05) is 0 Å². The first kappa shape index (κ1) is 23.1. The summed E-state index contributed by atoms with van der Waals surface area (Å²) in [7, 11) is 0. The number of hydrogen-bond donors (Lipinski definition) is 0. The van der Waals surface area contributed by atoms with Gasteiger partial charge in [0.1, 0.15) is 0 Å². The van der Waals surface area contributed by atoms with E-state index in [0.717, 1.165) is 32.1 Å². The zero-order chi connectivity index (χ0) is 17.6. The standard InChI is InChI=1S/C24H42/c1-3-5-7-9-11-13-15-17-19-21-23-24-22-20-18-16-14-12-10-8-6-4-2/h3-17,22-24H2,1-2H3. The quantitative estimate of drug-likeness (QED) is 0.210. The van der Waals surface area contributed by atoms with E-state index in [1.807, 2.05) is 0 Å². The van der Waals surface area contributed by atoms with Crippen molar-refractivity contribution in [1.82, 2.24) is 0 Å². The predicted molar refractivity (Wildman–Crippen MR) is 110 cm³/mol. The zero-order valence-corrected chi connectivity index (χ0v) is 16.7. The Morgan fingerprint density at radius 2 is 0.625 bits per heavy atom. The Hall–Kier alpha value is -0.880. The highest BCUT2D eigenvalue weighted by molar-refractivity contribution is 5.02. The highest BCUT2D eigenvalue weighted by Crippen LogP contribution is 2.08. The molecule has 0 heteroatoms. The molecule has 0 heterocycles. The van der Waals surface area contributed by atoms with Gasteiger partial charge in [-0.25, -0.2) is 0 Å². The van der Waals surface area contributed by atoms with E-state index >= 15 is 0 Å². The third kappa shape index (κ3) is 21.1. The average Bonchev–Trinajstić information content (AvgIpc) is 2.60. The molecule has 0 nitrogen and oxygen atoms in total. The second-order valence-electron chi connectivity index (χ2n) is 6.95. The van der Waals surface area contributed by atoms with Crippen LogP contribution in [0.1, 0.15) is 129 Å². The monoisotopic (exact) mass is 330 g/mol. The maximum atomic E-state index is 3.32. The molecule has 138 valence electrons. The van der Waals surface area contributed by atoms with Crippen LogP contribution < -0.4 is 0 Å². The molecule has 0 amide bonds. The number of unbranched alkanes of at least 4 members (excludes halogenated alkanes) is 15. The van der Waals surface area contributed by atoms with Crippen LogP contribution in [0, 0.1) is 23.7 Å². The summed E-state index contributed by atoms with van der Waals surface area (Å²) in [6.45, 7) is 4.54. The molecule has 0 aromatic rings. The summed E-state index contributed by atoms with van der Waals surface area (Å²) in [5, 5.41) is 0. The lowest BCUT2D eigenvalue weighted by atomic mass is 10.1. The van der Waals surface area contributed by atoms with Gasteiger partial charge in [0.2, 0.25) is 0 Å². The van der Waals surface area contributed by atoms with E-state index in [4.69, 9.17) is 0 Å². The van der Waals surface area contributed by atoms with E-state index in [9.17, 15) is 0 Å². The van der Waals surface area contributed by atoms with E-state index in [1.54, 1.807) is 0 Å². The van der Waals surface area contributed by atoms with Crippen molar-refractivity contribution >= 4 is 0 Å². The van der Waals surface area contributed by atoms with Crippen molar-refractivity contribution in [3.8, 4) is 23.7 Å². The molecule has 0 aromatic carbocycles. The highest BCUT2D eigenvalue weighted by atomic mass is 14.0. The zero-order valence-electron chi connectivity index (χ0n) is 16.7. The normalized spacial score (nSPS) is 9.92. The maximum Gasteiger partial charge on any atom is 0.00977 e. The summed E-state index contributed by atoms with van der Waals surface area (Å²) < 4.78 is 0. The van der Waals surface area contributed by atoms with Gasteiger partial charge in [-0.3, -0.25) is 0 Å². The highest BCUT2D eigenvalue weighted by Gasteiger charge is 1.89. The molecule has 0 fully saturated rings. The van der Waals surface area contributed by atoms with Crippen molar-refractivity contribution in [2.24, 2.45) is 0 Å². The van der Waals surface area contributed by atoms with Gasteiger partial charge in [0, 0.05) is 25.7 Å². The van der Waals surface area contributed by atoms with Gasteiger partial charge < -0.3 is 0 Å². The van der Waals surface area contributed by atoms with Gasteiger partial charge >= 0.3 is 0 Å². The molecular weight excluding hydrogens is 288 g/mol. The first-order valence-corrected chi connectivity index (χ1v) is 10.8. The molecule has 0 bridgehead atoms. The molecule has 0 aliphatic rings. The molecular formula is C24H42. The first-order valence-electron chi connectivity index (χ1n) is 10.8. The Kier molecular flexibility index (Phi) is 21.3. The second kappa shape index (κ2) is 22.1. The van der Waals surface area contributed by atoms with Crippen molar-refractivity contribution in [3.63, 3.8) is 0 Å². The summed E-state index contributed by atoms with van der Waals surface area (Å²) in [5.41, 5.74) is 0. The number of hydrogen-bond acceptors (Lipinski definition) is 0. The third-order valence-corrected chi connectivity index (χ3v) is 4.41. The molecule has 0 atom stereocenters. The fraction of sp³-hybridized carbons (Fsp3) is 0.833. The van der Waals surface area contributed by atoms with Crippen LogP contribution in [0.5, 0.6) is 0 Å². The summed E-state index contributed by atoms with van der Waals surface area (Å²) >= 11 is 0. The Bertz CT molecular complexity index is 344. The molecule has 0 radical (unpaired) electrons. The van der Waals surface area contributed by atoms with Crippen LogP contribution in [0.4, 0.5) is 0 Å². The molecule has 0 saturated heterocycles. The van der Waals surface area contributed by atoms with Crippen LogP contribution in [0.25, 0.3) is 0 Å². The summed E-state index contributed by atoms with van der Waals surface area (Å²) in [6.07, 6.45) is 23.2. The maximum absolute atomic E-state index is 3.32. The molecule has 0 aliphatic heterocycles. The lowest BCUT2D eigenvalue weighted by molar-refractivity contribution is 0.594. The van der Waals surface area contributed by atoms with Gasteiger partial charge in [-0.2, -0.15) is 0 Å². The number of rotatable bonds is 15. The largest absolute Gasteiger partial charge is 0.103 e. The Balaban J connectivity index is 3.21. The van der Waals surface area contributed by atoms with Gasteiger partial charge in [-0.1, -0.05) is 84.5 Å². The average molecular weight is 331 g/mol. The Morgan fingerprint density at radius 3 is 1.00 bits per heavy atom. The van der Waals surface area contributed by atoms with Crippen LogP contribution in [0.2, 0.25) is 0 Å². The van der Waals surface area contributed by atoms with Crippen LogP contribution in [0.3, 0.4) is 0 Å². The minimum Gasteiger partial charge on any atom is -0.103 e. The predicted octanol–water partition coefficient (Wildman–Crippen LogP) is 8.05. The van der Waals surface area contributed by atoms with E-state index < -0.39 is 0 Å². The van der Waals surface area contributed by atoms with Gasteiger partial charge in [-0.15, -0.1) is 23.7 Å². The van der Waals surface area contributed by atoms with Gasteiger partial charge in [0.15, 0.2) is 0 Å². The van der Waals surface area contributed by atoms with Crippen molar-refractivity contribution in [2.45, 2.75) is 129 Å². The minimum atomic E-state index is 1.03. The van der Waals surface area contributed by atoms with E-state index in [2.05, 4.69) is 37.5 Å². The Labute approximate surface area is 153 Å². The lowest BCUT2D eigenvalue weighted by Gasteiger charge is -1.97. The molecule has 0 aliphatic carbocycles. The molecule has 0 saturated carbocycles. The molecule has 0 unspecified atom stereocenters. The molecule has 0 aromatic heterocycles. The third-order valence-electron chi connectivity index (χ3n) is 4.41.